The number of carbonyl (C=O) groups is 5. The molecule has 1 aromatic rings. The van der Waals surface area contributed by atoms with Crippen LogP contribution in [-0.2, 0) is 33.5 Å². The Balaban J connectivity index is 1.78. The Morgan fingerprint density at radius 1 is 1.17 bits per heavy atom. The van der Waals surface area contributed by atoms with E-state index < -0.39 is 70.7 Å². The van der Waals surface area contributed by atoms with Gasteiger partial charge in [-0.25, -0.2) is 9.59 Å². The SMILES string of the molecule is CC(CC(=O)O)O/N=C(\C(=O)N[C@@H]1C(=O)N2C(C(=O)OC(C)(C)C)=CCS[C@H]12)c1nsc(NC(=O)OC(C)(C)C)n1. The molecule has 0 spiro atoms. The number of oxime groups is 1. The van der Waals surface area contributed by atoms with Crippen molar-refractivity contribution in [2.75, 3.05) is 11.1 Å². The molecule has 0 radical (unpaired) electrons. The number of rotatable bonds is 9. The van der Waals surface area contributed by atoms with Gasteiger partial charge in [0.25, 0.3) is 11.8 Å². The number of amides is 3. The molecule has 3 N–H and O–H groups in total. The fourth-order valence-corrected chi connectivity index (χ4v) is 5.19. The van der Waals surface area contributed by atoms with Crippen molar-refractivity contribution in [1.82, 2.24) is 19.6 Å². The molecule has 1 saturated heterocycles. The fraction of sp³-hybridized carbons (Fsp3) is 0.583. The first kappa shape index (κ1) is 31.8. The molecule has 1 unspecified atom stereocenters. The predicted molar refractivity (Wildman–Crippen MR) is 148 cm³/mol. The van der Waals surface area contributed by atoms with Crippen LogP contribution in [0.15, 0.2) is 16.9 Å². The number of hydrogen-bond donors (Lipinski definition) is 3. The summed E-state index contributed by atoms with van der Waals surface area (Å²) >= 11 is 2.07. The van der Waals surface area contributed by atoms with E-state index in [0.717, 1.165) is 11.5 Å². The number of aromatic nitrogens is 2. The van der Waals surface area contributed by atoms with Crippen molar-refractivity contribution in [3.05, 3.63) is 17.6 Å². The lowest BCUT2D eigenvalue weighted by Crippen LogP contribution is -2.70. The minimum absolute atomic E-state index is 0.00536. The highest BCUT2D eigenvalue weighted by atomic mass is 32.2. The molecule has 41 heavy (non-hydrogen) atoms. The van der Waals surface area contributed by atoms with Crippen molar-refractivity contribution in [3.8, 4) is 0 Å². The molecule has 15 nitrogen and oxygen atoms in total. The Bertz CT molecular complexity index is 1280. The van der Waals surface area contributed by atoms with E-state index in [1.807, 2.05) is 0 Å². The molecular formula is C24H32N6O9S2. The number of fused-ring (bicyclic) bond motifs is 1. The molecule has 1 fully saturated rings. The van der Waals surface area contributed by atoms with Crippen LogP contribution in [0.3, 0.4) is 0 Å². The van der Waals surface area contributed by atoms with E-state index in [2.05, 4.69) is 25.1 Å². The largest absolute Gasteiger partial charge is 0.481 e. The van der Waals surface area contributed by atoms with Crippen molar-refractivity contribution >= 4 is 64.0 Å². The lowest BCUT2D eigenvalue weighted by Gasteiger charge is -2.48. The summed E-state index contributed by atoms with van der Waals surface area (Å²) in [6.07, 6.45) is -0.515. The number of esters is 1. The monoisotopic (exact) mass is 612 g/mol. The van der Waals surface area contributed by atoms with E-state index in [0.29, 0.717) is 5.75 Å². The van der Waals surface area contributed by atoms with E-state index in [1.54, 1.807) is 47.6 Å². The molecule has 2 aliphatic heterocycles. The van der Waals surface area contributed by atoms with Crippen LogP contribution in [0.5, 0.6) is 0 Å². The molecule has 0 aliphatic carbocycles. The third kappa shape index (κ3) is 8.63. The molecule has 0 bridgehead atoms. The van der Waals surface area contributed by atoms with Crippen molar-refractivity contribution < 1.29 is 43.4 Å². The van der Waals surface area contributed by atoms with Crippen molar-refractivity contribution in [2.45, 2.75) is 83.6 Å². The topological polar surface area (TPSA) is 199 Å². The smallest absolute Gasteiger partial charge is 0.414 e. The van der Waals surface area contributed by atoms with Gasteiger partial charge in [-0.15, -0.1) is 11.8 Å². The summed E-state index contributed by atoms with van der Waals surface area (Å²) in [5, 5.41) is 17.2. The number of carboxylic acids is 1. The lowest BCUT2D eigenvalue weighted by molar-refractivity contribution is -0.158. The Morgan fingerprint density at radius 2 is 1.83 bits per heavy atom. The minimum atomic E-state index is -1.14. The zero-order valence-corrected chi connectivity index (χ0v) is 25.2. The van der Waals surface area contributed by atoms with Gasteiger partial charge in [0, 0.05) is 17.3 Å². The van der Waals surface area contributed by atoms with Crippen LogP contribution >= 0.6 is 23.3 Å². The van der Waals surface area contributed by atoms with Gasteiger partial charge in [0.2, 0.25) is 16.7 Å². The van der Waals surface area contributed by atoms with Crippen LogP contribution in [0.2, 0.25) is 0 Å². The maximum absolute atomic E-state index is 13.3. The maximum Gasteiger partial charge on any atom is 0.414 e. The molecular weight excluding hydrogens is 580 g/mol. The molecule has 224 valence electrons. The van der Waals surface area contributed by atoms with Crippen LogP contribution in [0, 0.1) is 0 Å². The Labute approximate surface area is 244 Å². The average molecular weight is 613 g/mol. The number of β-lactam (4-membered cyclic amide) rings is 1. The van der Waals surface area contributed by atoms with Gasteiger partial charge in [-0.2, -0.15) is 9.36 Å². The number of hydrogen-bond acceptors (Lipinski definition) is 13. The molecule has 3 heterocycles. The van der Waals surface area contributed by atoms with Gasteiger partial charge < -0.3 is 24.7 Å². The van der Waals surface area contributed by atoms with E-state index in [-0.39, 0.29) is 16.7 Å². The van der Waals surface area contributed by atoms with E-state index in [9.17, 15) is 24.0 Å². The molecule has 3 amide bonds. The quantitative estimate of drug-likeness (QED) is 0.159. The molecule has 0 saturated carbocycles. The highest BCUT2D eigenvalue weighted by Crippen LogP contribution is 2.38. The first-order valence-electron chi connectivity index (χ1n) is 12.4. The van der Waals surface area contributed by atoms with Gasteiger partial charge >= 0.3 is 18.0 Å². The highest BCUT2D eigenvalue weighted by Gasteiger charge is 2.53. The predicted octanol–water partition coefficient (Wildman–Crippen LogP) is 2.09. The summed E-state index contributed by atoms with van der Waals surface area (Å²) in [5.41, 5.74) is -1.89. The number of aliphatic carboxylic acids is 1. The van der Waals surface area contributed by atoms with E-state index >= 15 is 0 Å². The summed E-state index contributed by atoms with van der Waals surface area (Å²) in [6, 6.07) is -1.02. The van der Waals surface area contributed by atoms with E-state index in [1.165, 1.54) is 23.6 Å². The van der Waals surface area contributed by atoms with Gasteiger partial charge in [-0.1, -0.05) is 5.16 Å². The second-order valence-corrected chi connectivity index (χ2v) is 12.9. The van der Waals surface area contributed by atoms with Gasteiger partial charge in [0.15, 0.2) is 0 Å². The minimum Gasteiger partial charge on any atom is -0.481 e. The van der Waals surface area contributed by atoms with Crippen LogP contribution < -0.4 is 10.6 Å². The lowest BCUT2D eigenvalue weighted by atomic mass is 10.0. The summed E-state index contributed by atoms with van der Waals surface area (Å²) in [4.78, 5) is 72.6. The third-order valence-corrected chi connectivity index (χ3v) is 6.80. The second kappa shape index (κ2) is 12.4. The maximum atomic E-state index is 13.3. The summed E-state index contributed by atoms with van der Waals surface area (Å²) in [5.74, 6) is -3.06. The number of carbonyl (C=O) groups excluding carboxylic acids is 4. The zero-order valence-electron chi connectivity index (χ0n) is 23.5. The molecule has 2 aliphatic rings. The normalized spacial score (nSPS) is 19.7. The Morgan fingerprint density at radius 3 is 2.44 bits per heavy atom. The number of ether oxygens (including phenoxy) is 2. The van der Waals surface area contributed by atoms with Crippen LogP contribution in [0.1, 0.15) is 60.7 Å². The number of carboxylic acid groups (broad SMARTS) is 1. The second-order valence-electron chi connectivity index (χ2n) is 11.0. The number of anilines is 1. The summed E-state index contributed by atoms with van der Waals surface area (Å²) in [6.45, 7) is 11.6. The average Bonchev–Trinajstić information content (AvgIpc) is 3.26. The van der Waals surface area contributed by atoms with Gasteiger partial charge in [0.1, 0.15) is 34.4 Å². The first-order chi connectivity index (χ1) is 18.9. The van der Waals surface area contributed by atoms with Gasteiger partial charge in [-0.3, -0.25) is 24.6 Å². The summed E-state index contributed by atoms with van der Waals surface area (Å²) < 4.78 is 14.6. The fourth-order valence-electron chi connectivity index (χ4n) is 3.44. The van der Waals surface area contributed by atoms with Gasteiger partial charge in [0.05, 0.1) is 6.42 Å². The van der Waals surface area contributed by atoms with Crippen LogP contribution in [0.25, 0.3) is 0 Å². The molecule has 17 heteroatoms. The van der Waals surface area contributed by atoms with E-state index in [4.69, 9.17) is 19.4 Å². The Kier molecular flexibility index (Phi) is 9.63. The van der Waals surface area contributed by atoms with Crippen molar-refractivity contribution in [1.29, 1.82) is 0 Å². The zero-order chi connectivity index (χ0) is 30.7. The molecule has 0 aromatic carbocycles. The number of thioether (sulfide) groups is 1. The number of nitrogens with one attached hydrogen (secondary N) is 2. The highest BCUT2D eigenvalue weighted by molar-refractivity contribution is 8.00. The standard InChI is InChI=1S/C24H32N6O9S2/c1-11(10-13(31)32)39-28-14(16-26-21(41-29-16)27-22(36)38-24(5,6)7)17(33)25-15-18(34)30-12(8-9-40-19(15)30)20(35)37-23(2,3)4/h8,11,15,19H,9-10H2,1-7H3,(H,25,33)(H,31,32)(H,26,27,29,36)/b28-14-/t11?,15-,19-/m1/s1. The number of nitrogens with zero attached hydrogens (tertiary/aromatic N) is 4. The van der Waals surface area contributed by atoms with Crippen LogP contribution in [0.4, 0.5) is 9.93 Å². The molecule has 3 atom stereocenters. The molecule has 1 aromatic heterocycles. The Hall–Kier alpha value is -3.73. The van der Waals surface area contributed by atoms with Gasteiger partial charge in [-0.05, 0) is 54.5 Å². The van der Waals surface area contributed by atoms with Crippen LogP contribution in [-0.4, -0.2) is 89.4 Å². The van der Waals surface area contributed by atoms with Crippen molar-refractivity contribution in [3.63, 3.8) is 0 Å². The first-order valence-corrected chi connectivity index (χ1v) is 14.3. The molecule has 3 rings (SSSR count). The third-order valence-electron chi connectivity index (χ3n) is 4.99. The summed E-state index contributed by atoms with van der Waals surface area (Å²) in [7, 11) is 0. The van der Waals surface area contributed by atoms with Crippen molar-refractivity contribution in [2.24, 2.45) is 5.16 Å².